The van der Waals surface area contributed by atoms with Crippen LogP contribution in [0.5, 0.6) is 5.75 Å². The maximum atomic E-state index is 13.9. The Morgan fingerprint density at radius 1 is 1.21 bits per heavy atom. The van der Waals surface area contributed by atoms with E-state index in [1.165, 1.54) is 37.1 Å². The number of halogens is 1. The van der Waals surface area contributed by atoms with Crippen molar-refractivity contribution < 1.29 is 18.7 Å². The predicted molar refractivity (Wildman–Crippen MR) is 125 cm³/mol. The lowest BCUT2D eigenvalue weighted by Crippen LogP contribution is -2.29. The van der Waals surface area contributed by atoms with E-state index in [1.807, 2.05) is 6.07 Å². The summed E-state index contributed by atoms with van der Waals surface area (Å²) in [6, 6.07) is 12.3. The SMILES string of the molecule is C=CCn1c(SCC(=O)Nc2ccccc2OC)nnc1C(C)NC(=O)c1ccccc1F. The summed E-state index contributed by atoms with van der Waals surface area (Å²) in [5.74, 6) is -0.283. The highest BCUT2D eigenvalue weighted by atomic mass is 32.2. The van der Waals surface area contributed by atoms with Crippen LogP contribution in [0.1, 0.15) is 29.1 Å². The zero-order valence-electron chi connectivity index (χ0n) is 18.2. The molecule has 0 saturated heterocycles. The molecular weight excluding hydrogens is 445 g/mol. The average molecular weight is 470 g/mol. The summed E-state index contributed by atoms with van der Waals surface area (Å²) in [4.78, 5) is 24.9. The maximum Gasteiger partial charge on any atom is 0.254 e. The van der Waals surface area contributed by atoms with Crippen LogP contribution >= 0.6 is 11.8 Å². The highest BCUT2D eigenvalue weighted by molar-refractivity contribution is 7.99. The van der Waals surface area contributed by atoms with Crippen molar-refractivity contribution in [3.8, 4) is 5.75 Å². The molecule has 0 aliphatic rings. The van der Waals surface area contributed by atoms with Crippen molar-refractivity contribution >= 4 is 29.3 Å². The zero-order valence-corrected chi connectivity index (χ0v) is 19.1. The lowest BCUT2D eigenvalue weighted by molar-refractivity contribution is -0.113. The first-order valence-corrected chi connectivity index (χ1v) is 11.1. The maximum absolute atomic E-state index is 13.9. The number of anilines is 1. The zero-order chi connectivity index (χ0) is 23.8. The smallest absolute Gasteiger partial charge is 0.254 e. The Kier molecular flexibility index (Phi) is 8.20. The van der Waals surface area contributed by atoms with E-state index in [1.54, 1.807) is 41.8 Å². The van der Waals surface area contributed by atoms with E-state index in [9.17, 15) is 14.0 Å². The molecule has 2 N–H and O–H groups in total. The number of nitrogens with one attached hydrogen (secondary N) is 2. The number of aromatic nitrogens is 3. The third-order valence-electron chi connectivity index (χ3n) is 4.62. The number of thioether (sulfide) groups is 1. The highest BCUT2D eigenvalue weighted by Gasteiger charge is 2.21. The molecule has 0 aliphatic heterocycles. The van der Waals surface area contributed by atoms with Crippen LogP contribution < -0.4 is 15.4 Å². The van der Waals surface area contributed by atoms with Crippen LogP contribution in [0.4, 0.5) is 10.1 Å². The normalized spacial score (nSPS) is 11.5. The van der Waals surface area contributed by atoms with Gasteiger partial charge in [0.2, 0.25) is 5.91 Å². The molecule has 1 heterocycles. The minimum absolute atomic E-state index is 0.0539. The summed E-state index contributed by atoms with van der Waals surface area (Å²) < 4.78 is 20.9. The Hall–Kier alpha value is -3.66. The molecule has 8 nitrogen and oxygen atoms in total. The molecule has 0 fully saturated rings. The number of nitrogens with zero attached hydrogens (tertiary/aromatic N) is 3. The van der Waals surface area contributed by atoms with Gasteiger partial charge >= 0.3 is 0 Å². The second-order valence-corrected chi connectivity index (χ2v) is 7.89. The van der Waals surface area contributed by atoms with Gasteiger partial charge in [-0.05, 0) is 31.2 Å². The van der Waals surface area contributed by atoms with E-state index in [0.29, 0.717) is 29.0 Å². The largest absolute Gasteiger partial charge is 0.495 e. The number of benzene rings is 2. The molecule has 2 aromatic carbocycles. The first-order chi connectivity index (χ1) is 15.9. The number of rotatable bonds is 10. The quantitative estimate of drug-likeness (QED) is 0.346. The van der Waals surface area contributed by atoms with Crippen molar-refractivity contribution in [2.45, 2.75) is 24.7 Å². The molecule has 3 rings (SSSR count). The fourth-order valence-corrected chi connectivity index (χ4v) is 3.83. The van der Waals surface area contributed by atoms with Crippen LogP contribution in [0.25, 0.3) is 0 Å². The Morgan fingerprint density at radius 2 is 1.94 bits per heavy atom. The number of methoxy groups -OCH3 is 1. The molecule has 1 unspecified atom stereocenters. The lowest BCUT2D eigenvalue weighted by atomic mass is 10.2. The molecule has 10 heteroatoms. The first-order valence-electron chi connectivity index (χ1n) is 10.1. The monoisotopic (exact) mass is 469 g/mol. The average Bonchev–Trinajstić information content (AvgIpc) is 3.21. The van der Waals surface area contributed by atoms with Crippen molar-refractivity contribution in [3.63, 3.8) is 0 Å². The van der Waals surface area contributed by atoms with Gasteiger partial charge in [-0.1, -0.05) is 42.1 Å². The number of allylic oxidation sites excluding steroid dienone is 1. The van der Waals surface area contributed by atoms with E-state index in [2.05, 4.69) is 27.4 Å². The van der Waals surface area contributed by atoms with Gasteiger partial charge in [0.15, 0.2) is 11.0 Å². The molecule has 1 aromatic heterocycles. The Labute approximate surface area is 195 Å². The van der Waals surface area contributed by atoms with E-state index in [-0.39, 0.29) is 17.2 Å². The summed E-state index contributed by atoms with van der Waals surface area (Å²) in [7, 11) is 1.53. The van der Waals surface area contributed by atoms with E-state index < -0.39 is 17.8 Å². The number of hydrogen-bond acceptors (Lipinski definition) is 6. The van der Waals surface area contributed by atoms with Crippen molar-refractivity contribution in [2.24, 2.45) is 0 Å². The number of hydrogen-bond donors (Lipinski definition) is 2. The fourth-order valence-electron chi connectivity index (χ4n) is 3.08. The standard InChI is InChI=1S/C23H24FN5O3S/c1-4-13-29-21(15(2)25-22(31)16-9-5-6-10-17(16)24)27-28-23(29)33-14-20(30)26-18-11-7-8-12-19(18)32-3/h4-12,15H,1,13-14H2,2-3H3,(H,25,31)(H,26,30). The van der Waals surface area contributed by atoms with Crippen LogP contribution in [-0.4, -0.2) is 39.4 Å². The number of amides is 2. The van der Waals surface area contributed by atoms with Gasteiger partial charge in [0.1, 0.15) is 11.6 Å². The second-order valence-electron chi connectivity index (χ2n) is 6.95. The summed E-state index contributed by atoms with van der Waals surface area (Å²) in [5.41, 5.74) is 0.519. The van der Waals surface area contributed by atoms with Gasteiger partial charge in [0.05, 0.1) is 30.2 Å². The minimum atomic E-state index is -0.605. The van der Waals surface area contributed by atoms with Gasteiger partial charge in [0.25, 0.3) is 5.91 Å². The van der Waals surface area contributed by atoms with E-state index >= 15 is 0 Å². The van der Waals surface area contributed by atoms with Gasteiger partial charge in [0, 0.05) is 6.54 Å². The van der Waals surface area contributed by atoms with Crippen molar-refractivity contribution in [1.29, 1.82) is 0 Å². The topological polar surface area (TPSA) is 98.1 Å². The molecular formula is C23H24FN5O3S. The molecule has 0 aliphatic carbocycles. The molecule has 1 atom stereocenters. The predicted octanol–water partition coefficient (Wildman–Crippen LogP) is 3.83. The van der Waals surface area contributed by atoms with Crippen molar-refractivity contribution in [3.05, 3.63) is 78.4 Å². The van der Waals surface area contributed by atoms with Crippen LogP contribution in [0.3, 0.4) is 0 Å². The third kappa shape index (κ3) is 5.98. The summed E-state index contributed by atoms with van der Waals surface area (Å²) in [6.45, 7) is 5.85. The molecule has 33 heavy (non-hydrogen) atoms. The summed E-state index contributed by atoms with van der Waals surface area (Å²) in [6.07, 6.45) is 1.66. The van der Waals surface area contributed by atoms with Crippen LogP contribution in [0.2, 0.25) is 0 Å². The molecule has 2 amide bonds. The first kappa shape index (κ1) is 24.0. The van der Waals surface area contributed by atoms with Gasteiger partial charge in [-0.15, -0.1) is 16.8 Å². The lowest BCUT2D eigenvalue weighted by Gasteiger charge is -2.15. The summed E-state index contributed by atoms with van der Waals surface area (Å²) >= 11 is 1.20. The van der Waals surface area contributed by atoms with Crippen molar-refractivity contribution in [1.82, 2.24) is 20.1 Å². The summed E-state index contributed by atoms with van der Waals surface area (Å²) in [5, 5.41) is 14.4. The van der Waals surface area contributed by atoms with Gasteiger partial charge in [-0.25, -0.2) is 4.39 Å². The molecule has 0 bridgehead atoms. The Balaban J connectivity index is 1.68. The highest BCUT2D eigenvalue weighted by Crippen LogP contribution is 2.25. The second kappa shape index (κ2) is 11.3. The number of carbonyl (C=O) groups is 2. The number of ether oxygens (including phenoxy) is 1. The van der Waals surface area contributed by atoms with Crippen LogP contribution in [0, 0.1) is 5.82 Å². The number of carbonyl (C=O) groups excluding carboxylic acids is 2. The molecule has 172 valence electrons. The van der Waals surface area contributed by atoms with E-state index in [4.69, 9.17) is 4.74 Å². The molecule has 0 spiro atoms. The Morgan fingerprint density at radius 3 is 2.67 bits per heavy atom. The van der Waals surface area contributed by atoms with Crippen LogP contribution in [-0.2, 0) is 11.3 Å². The van der Waals surface area contributed by atoms with Gasteiger partial charge < -0.3 is 19.9 Å². The molecule has 0 radical (unpaired) electrons. The molecule has 3 aromatic rings. The number of para-hydroxylation sites is 2. The van der Waals surface area contributed by atoms with Crippen LogP contribution in [0.15, 0.2) is 66.3 Å². The molecule has 0 saturated carbocycles. The van der Waals surface area contributed by atoms with Gasteiger partial charge in [-0.2, -0.15) is 0 Å². The Bertz CT molecular complexity index is 1150. The minimum Gasteiger partial charge on any atom is -0.495 e. The van der Waals surface area contributed by atoms with Crippen molar-refractivity contribution in [2.75, 3.05) is 18.2 Å². The van der Waals surface area contributed by atoms with Gasteiger partial charge in [-0.3, -0.25) is 9.59 Å². The third-order valence-corrected chi connectivity index (χ3v) is 5.59. The fraction of sp³-hybridized carbons (Fsp3) is 0.217. The van der Waals surface area contributed by atoms with E-state index in [0.717, 1.165) is 0 Å².